The molecule has 1 aliphatic rings. The summed E-state index contributed by atoms with van der Waals surface area (Å²) in [4.78, 5) is 9.52. The highest BCUT2D eigenvalue weighted by atomic mass is 16.5. The zero-order valence-corrected chi connectivity index (χ0v) is 18.3. The Hall–Kier alpha value is -0.850. The number of methoxy groups -OCH3 is 1. The van der Waals surface area contributed by atoms with Crippen molar-refractivity contribution >= 4 is 5.96 Å². The lowest BCUT2D eigenvalue weighted by atomic mass is 10.1. The van der Waals surface area contributed by atoms with Gasteiger partial charge >= 0.3 is 0 Å². The second-order valence-corrected chi connectivity index (χ2v) is 7.71. The zero-order chi connectivity index (χ0) is 19.7. The molecular weight excluding hydrogens is 340 g/mol. The summed E-state index contributed by atoms with van der Waals surface area (Å²) in [5, 5.41) is 3.46. The van der Waals surface area contributed by atoms with Crippen molar-refractivity contribution < 1.29 is 9.47 Å². The third-order valence-corrected chi connectivity index (χ3v) is 4.95. The summed E-state index contributed by atoms with van der Waals surface area (Å²) in [5.41, 5.74) is 0. The van der Waals surface area contributed by atoms with E-state index in [4.69, 9.17) is 14.5 Å². The second-order valence-electron chi connectivity index (χ2n) is 7.71. The number of rotatable bonds is 14. The highest BCUT2D eigenvalue weighted by Gasteiger charge is 2.21. The van der Waals surface area contributed by atoms with E-state index in [9.17, 15) is 0 Å². The van der Waals surface area contributed by atoms with Crippen molar-refractivity contribution in [3.8, 4) is 0 Å². The molecule has 1 rings (SSSR count). The van der Waals surface area contributed by atoms with Crippen molar-refractivity contribution in [2.24, 2.45) is 4.99 Å². The standard InChI is InChI=1S/C21H44N4O2/c1-5-22-21(23-14-9-7-6-8-10-15-24(2)3)25-16-12-20(13-17-25)27-19-11-18-26-4/h20H,5-19H2,1-4H3,(H,22,23). The average Bonchev–Trinajstić information content (AvgIpc) is 2.67. The summed E-state index contributed by atoms with van der Waals surface area (Å²) in [6.07, 6.45) is 9.99. The molecule has 0 saturated carbocycles. The molecule has 160 valence electrons. The van der Waals surface area contributed by atoms with E-state index in [-0.39, 0.29) is 0 Å². The fourth-order valence-corrected chi connectivity index (χ4v) is 3.37. The number of ether oxygens (including phenoxy) is 2. The molecule has 0 radical (unpaired) electrons. The van der Waals surface area contributed by atoms with Crippen LogP contribution in [0.3, 0.4) is 0 Å². The van der Waals surface area contributed by atoms with Crippen LogP contribution in [0.1, 0.15) is 58.3 Å². The molecule has 1 saturated heterocycles. The molecule has 0 amide bonds. The van der Waals surface area contributed by atoms with Gasteiger partial charge in [-0.1, -0.05) is 19.3 Å². The number of piperidine rings is 1. The fourth-order valence-electron chi connectivity index (χ4n) is 3.37. The number of nitrogens with one attached hydrogen (secondary N) is 1. The number of hydrogen-bond acceptors (Lipinski definition) is 4. The molecule has 0 aromatic rings. The van der Waals surface area contributed by atoms with Crippen molar-refractivity contribution in [1.82, 2.24) is 15.1 Å². The Morgan fingerprint density at radius 1 is 1.04 bits per heavy atom. The number of aliphatic imine (C=N–C) groups is 1. The number of unbranched alkanes of at least 4 members (excludes halogenated alkanes) is 4. The minimum atomic E-state index is 0.392. The van der Waals surface area contributed by atoms with Crippen LogP contribution in [-0.4, -0.2) is 89.0 Å². The minimum Gasteiger partial charge on any atom is -0.385 e. The predicted molar refractivity (Wildman–Crippen MR) is 115 cm³/mol. The summed E-state index contributed by atoms with van der Waals surface area (Å²) in [7, 11) is 6.03. The van der Waals surface area contributed by atoms with Gasteiger partial charge in [0.25, 0.3) is 0 Å². The Bertz CT molecular complexity index is 369. The normalized spacial score (nSPS) is 16.3. The van der Waals surface area contributed by atoms with E-state index in [2.05, 4.69) is 36.1 Å². The molecule has 1 heterocycles. The van der Waals surface area contributed by atoms with Gasteiger partial charge in [0, 0.05) is 46.5 Å². The van der Waals surface area contributed by atoms with Crippen LogP contribution in [0.2, 0.25) is 0 Å². The maximum Gasteiger partial charge on any atom is 0.193 e. The van der Waals surface area contributed by atoms with Gasteiger partial charge in [0.2, 0.25) is 0 Å². The van der Waals surface area contributed by atoms with Crippen molar-refractivity contribution in [2.45, 2.75) is 64.4 Å². The Morgan fingerprint density at radius 2 is 1.74 bits per heavy atom. The molecule has 0 aliphatic carbocycles. The van der Waals surface area contributed by atoms with Crippen molar-refractivity contribution in [3.63, 3.8) is 0 Å². The van der Waals surface area contributed by atoms with Crippen molar-refractivity contribution in [1.29, 1.82) is 0 Å². The van der Waals surface area contributed by atoms with Gasteiger partial charge in [-0.3, -0.25) is 4.99 Å². The summed E-state index contributed by atoms with van der Waals surface area (Å²) >= 11 is 0. The third kappa shape index (κ3) is 12.3. The van der Waals surface area contributed by atoms with Crippen LogP contribution in [0, 0.1) is 0 Å². The summed E-state index contributed by atoms with van der Waals surface area (Å²) in [5.74, 6) is 1.09. The Balaban J connectivity index is 2.19. The van der Waals surface area contributed by atoms with Gasteiger partial charge in [-0.05, 0) is 59.7 Å². The van der Waals surface area contributed by atoms with E-state index in [1.165, 1.54) is 38.6 Å². The first-order valence-corrected chi connectivity index (χ1v) is 11.0. The largest absolute Gasteiger partial charge is 0.385 e. The van der Waals surface area contributed by atoms with Crippen LogP contribution in [0.15, 0.2) is 4.99 Å². The molecule has 0 bridgehead atoms. The molecule has 1 fully saturated rings. The van der Waals surface area contributed by atoms with Gasteiger partial charge < -0.3 is 24.6 Å². The molecule has 27 heavy (non-hydrogen) atoms. The van der Waals surface area contributed by atoms with Gasteiger partial charge in [0.15, 0.2) is 5.96 Å². The van der Waals surface area contributed by atoms with E-state index in [1.54, 1.807) is 7.11 Å². The van der Waals surface area contributed by atoms with Crippen LogP contribution in [0.4, 0.5) is 0 Å². The minimum absolute atomic E-state index is 0.392. The highest BCUT2D eigenvalue weighted by Crippen LogP contribution is 2.14. The summed E-state index contributed by atoms with van der Waals surface area (Å²) < 4.78 is 11.0. The SMILES string of the molecule is CCNC(=NCCCCCCCN(C)C)N1CCC(OCCCOC)CC1. The lowest BCUT2D eigenvalue weighted by Gasteiger charge is -2.34. The lowest BCUT2D eigenvalue weighted by molar-refractivity contribution is 0.00990. The summed E-state index contributed by atoms with van der Waals surface area (Å²) in [6, 6.07) is 0. The van der Waals surface area contributed by atoms with E-state index in [0.29, 0.717) is 6.10 Å². The molecule has 1 aliphatic heterocycles. The van der Waals surface area contributed by atoms with Crippen LogP contribution in [0.25, 0.3) is 0 Å². The second kappa shape index (κ2) is 16.1. The highest BCUT2D eigenvalue weighted by molar-refractivity contribution is 5.80. The van der Waals surface area contributed by atoms with E-state index >= 15 is 0 Å². The molecule has 1 N–H and O–H groups in total. The predicted octanol–water partition coefficient (Wildman–Crippen LogP) is 2.98. The number of likely N-dealkylation sites (tertiary alicyclic amines) is 1. The molecule has 0 unspecified atom stereocenters. The number of nitrogens with zero attached hydrogens (tertiary/aromatic N) is 3. The van der Waals surface area contributed by atoms with Gasteiger partial charge in [0.1, 0.15) is 0 Å². The fraction of sp³-hybridized carbons (Fsp3) is 0.952. The summed E-state index contributed by atoms with van der Waals surface area (Å²) in [6.45, 7) is 8.87. The first-order valence-electron chi connectivity index (χ1n) is 11.0. The number of hydrogen-bond donors (Lipinski definition) is 1. The van der Waals surface area contributed by atoms with Gasteiger partial charge in [-0.15, -0.1) is 0 Å². The molecule has 6 nitrogen and oxygen atoms in total. The Morgan fingerprint density at radius 3 is 2.41 bits per heavy atom. The first kappa shape index (κ1) is 24.2. The smallest absolute Gasteiger partial charge is 0.193 e. The third-order valence-electron chi connectivity index (χ3n) is 4.95. The Kier molecular flexibility index (Phi) is 14.5. The number of guanidine groups is 1. The van der Waals surface area contributed by atoms with E-state index in [0.717, 1.165) is 64.6 Å². The molecule has 0 spiro atoms. The molecule has 0 aromatic carbocycles. The quantitative estimate of drug-likeness (QED) is 0.283. The average molecular weight is 385 g/mol. The monoisotopic (exact) mass is 384 g/mol. The van der Waals surface area contributed by atoms with Crippen LogP contribution < -0.4 is 5.32 Å². The van der Waals surface area contributed by atoms with Gasteiger partial charge in [0.05, 0.1) is 6.10 Å². The van der Waals surface area contributed by atoms with Crippen molar-refractivity contribution in [3.05, 3.63) is 0 Å². The molecule has 0 atom stereocenters. The topological polar surface area (TPSA) is 49.3 Å². The molecule has 0 aromatic heterocycles. The molecular formula is C21H44N4O2. The van der Waals surface area contributed by atoms with Gasteiger partial charge in [-0.2, -0.15) is 0 Å². The van der Waals surface area contributed by atoms with Crippen molar-refractivity contribution in [2.75, 3.05) is 67.1 Å². The maximum absolute atomic E-state index is 5.96. The first-order chi connectivity index (χ1) is 13.2. The molecule has 6 heteroatoms. The lowest BCUT2D eigenvalue weighted by Crippen LogP contribution is -2.47. The van der Waals surface area contributed by atoms with Crippen LogP contribution in [-0.2, 0) is 9.47 Å². The van der Waals surface area contributed by atoms with Crippen LogP contribution >= 0.6 is 0 Å². The van der Waals surface area contributed by atoms with Gasteiger partial charge in [-0.25, -0.2) is 0 Å². The van der Waals surface area contributed by atoms with E-state index in [1.807, 2.05) is 0 Å². The zero-order valence-electron chi connectivity index (χ0n) is 18.3. The Labute approximate surface area is 167 Å². The van der Waals surface area contributed by atoms with Crippen LogP contribution in [0.5, 0.6) is 0 Å². The van der Waals surface area contributed by atoms with E-state index < -0.39 is 0 Å². The maximum atomic E-state index is 5.96.